The van der Waals surface area contributed by atoms with Crippen molar-refractivity contribution in [3.63, 3.8) is 0 Å². The Morgan fingerprint density at radius 2 is 0.730 bits per heavy atom. The molecule has 224 valence electrons. The monoisotopic (exact) mass is 525 g/mol. The van der Waals surface area contributed by atoms with Crippen LogP contribution < -0.4 is 0 Å². The topological polar surface area (TPSA) is 40.5 Å². The lowest BCUT2D eigenvalue weighted by Gasteiger charge is -2.38. The van der Waals surface area contributed by atoms with Crippen molar-refractivity contribution >= 4 is 0 Å². The van der Waals surface area contributed by atoms with Gasteiger partial charge in [0.15, 0.2) is 6.29 Å². The van der Waals surface area contributed by atoms with Crippen molar-refractivity contribution in [2.45, 2.75) is 214 Å². The quantitative estimate of drug-likeness (QED) is 0.0724. The molecule has 0 spiro atoms. The Morgan fingerprint density at radius 1 is 0.432 bits per heavy atom. The lowest BCUT2D eigenvalue weighted by molar-refractivity contribution is -0.151. The molecule has 0 heterocycles. The summed E-state index contributed by atoms with van der Waals surface area (Å²) in [6, 6.07) is 0. The number of aliphatic hydroxyl groups excluding tert-OH is 1. The van der Waals surface area contributed by atoms with Crippen LogP contribution in [0, 0.1) is 11.3 Å². The average Bonchev–Trinajstić information content (AvgIpc) is 2.88. The minimum Gasteiger partial charge on any atom is -0.368 e. The van der Waals surface area contributed by atoms with E-state index in [0.717, 1.165) is 32.1 Å². The highest BCUT2D eigenvalue weighted by atomic mass is 16.5. The molecule has 0 saturated heterocycles. The summed E-state index contributed by atoms with van der Waals surface area (Å²) >= 11 is 0. The van der Waals surface area contributed by atoms with Crippen molar-refractivity contribution < 1.29 is 10.2 Å². The molecule has 2 N–H and O–H groups in total. The van der Waals surface area contributed by atoms with Crippen LogP contribution in [0.5, 0.6) is 0 Å². The van der Waals surface area contributed by atoms with E-state index in [4.69, 9.17) is 0 Å². The Balaban J connectivity index is 4.57. The highest BCUT2D eigenvalue weighted by Crippen LogP contribution is 2.42. The first-order valence-electron chi connectivity index (χ1n) is 17.4. The summed E-state index contributed by atoms with van der Waals surface area (Å²) in [5, 5.41) is 21.4. The Morgan fingerprint density at radius 3 is 1.05 bits per heavy atom. The van der Waals surface area contributed by atoms with Crippen molar-refractivity contribution in [1.29, 1.82) is 0 Å². The maximum absolute atomic E-state index is 10.7. The number of hydrogen-bond acceptors (Lipinski definition) is 2. The van der Waals surface area contributed by atoms with Gasteiger partial charge in [-0.05, 0) is 25.2 Å². The molecule has 0 bridgehead atoms. The van der Waals surface area contributed by atoms with E-state index >= 15 is 0 Å². The summed E-state index contributed by atoms with van der Waals surface area (Å²) in [6.45, 7) is 9.22. The molecule has 0 aliphatic carbocycles. The molecule has 0 amide bonds. The van der Waals surface area contributed by atoms with E-state index in [0.29, 0.717) is 5.92 Å². The highest BCUT2D eigenvalue weighted by Gasteiger charge is 2.37. The molecule has 37 heavy (non-hydrogen) atoms. The summed E-state index contributed by atoms with van der Waals surface area (Å²) in [7, 11) is 0. The van der Waals surface area contributed by atoms with Gasteiger partial charge in [-0.15, -0.1) is 0 Å². The average molecular weight is 525 g/mol. The number of hydrogen-bond donors (Lipinski definition) is 2. The largest absolute Gasteiger partial charge is 0.368 e. The summed E-state index contributed by atoms with van der Waals surface area (Å²) in [5.74, 6) is 0.588. The SMILES string of the molecule is CCCCCCCCCCC(C)CC(CCCCCCCCCC)(CCCCCCCCCC)C(O)O. The normalized spacial score (nSPS) is 13.1. The van der Waals surface area contributed by atoms with Crippen LogP contribution in [0.2, 0.25) is 0 Å². The third kappa shape index (κ3) is 22.4. The maximum Gasteiger partial charge on any atom is 0.157 e. The van der Waals surface area contributed by atoms with Gasteiger partial charge in [0.05, 0.1) is 0 Å². The van der Waals surface area contributed by atoms with Crippen LogP contribution in [-0.2, 0) is 0 Å². The molecule has 0 saturated carbocycles. The van der Waals surface area contributed by atoms with Gasteiger partial charge in [0.2, 0.25) is 0 Å². The van der Waals surface area contributed by atoms with E-state index in [-0.39, 0.29) is 5.41 Å². The molecule has 1 atom stereocenters. The minimum atomic E-state index is -1.16. The van der Waals surface area contributed by atoms with E-state index in [9.17, 15) is 10.2 Å². The molecule has 0 aliphatic heterocycles. The summed E-state index contributed by atoms with van der Waals surface area (Å²) in [5.41, 5.74) is -0.288. The number of unbranched alkanes of at least 4 members (excludes halogenated alkanes) is 21. The van der Waals surface area contributed by atoms with Gasteiger partial charge in [0, 0.05) is 5.41 Å². The third-order valence-electron chi connectivity index (χ3n) is 8.91. The van der Waals surface area contributed by atoms with Crippen LogP contribution in [-0.4, -0.2) is 16.5 Å². The number of aliphatic hydroxyl groups is 2. The van der Waals surface area contributed by atoms with Gasteiger partial charge in [-0.2, -0.15) is 0 Å². The first kappa shape index (κ1) is 36.9. The standard InChI is InChI=1S/C35H72O2/c1-5-8-11-14-17-20-23-26-29-33(4)32-35(34(36)37,30-27-24-21-18-15-12-9-6-2)31-28-25-22-19-16-13-10-7-3/h33-34,36-37H,5-32H2,1-4H3. The lowest BCUT2D eigenvalue weighted by Crippen LogP contribution is -2.37. The Kier molecular flexibility index (Phi) is 27.4. The van der Waals surface area contributed by atoms with E-state index in [1.54, 1.807) is 0 Å². The predicted molar refractivity (Wildman–Crippen MR) is 166 cm³/mol. The van der Waals surface area contributed by atoms with Crippen molar-refractivity contribution in [3.8, 4) is 0 Å². The minimum absolute atomic E-state index is 0.288. The molecular formula is C35H72O2. The summed E-state index contributed by atoms with van der Waals surface area (Å²) in [4.78, 5) is 0. The molecule has 2 heteroatoms. The lowest BCUT2D eigenvalue weighted by atomic mass is 9.70. The van der Waals surface area contributed by atoms with Crippen LogP contribution in [0.15, 0.2) is 0 Å². The van der Waals surface area contributed by atoms with Gasteiger partial charge in [-0.25, -0.2) is 0 Å². The van der Waals surface area contributed by atoms with Crippen LogP contribution in [0.4, 0.5) is 0 Å². The third-order valence-corrected chi connectivity index (χ3v) is 8.91. The second kappa shape index (κ2) is 27.5. The second-order valence-corrected chi connectivity index (χ2v) is 12.8. The van der Waals surface area contributed by atoms with E-state index in [2.05, 4.69) is 27.7 Å². The fourth-order valence-corrected chi connectivity index (χ4v) is 6.34. The van der Waals surface area contributed by atoms with E-state index < -0.39 is 6.29 Å². The van der Waals surface area contributed by atoms with Gasteiger partial charge in [0.1, 0.15) is 0 Å². The highest BCUT2D eigenvalue weighted by molar-refractivity contribution is 4.84. The Bertz CT molecular complexity index is 413. The summed E-state index contributed by atoms with van der Waals surface area (Å²) in [6.07, 6.45) is 35.0. The van der Waals surface area contributed by atoms with Gasteiger partial charge in [-0.1, -0.05) is 188 Å². The zero-order chi connectivity index (χ0) is 27.5. The fourth-order valence-electron chi connectivity index (χ4n) is 6.34. The molecule has 2 nitrogen and oxygen atoms in total. The summed E-state index contributed by atoms with van der Waals surface area (Å²) < 4.78 is 0. The van der Waals surface area contributed by atoms with E-state index in [1.807, 2.05) is 0 Å². The number of rotatable bonds is 30. The van der Waals surface area contributed by atoms with Crippen LogP contribution >= 0.6 is 0 Å². The molecule has 0 aromatic carbocycles. The zero-order valence-electron chi connectivity index (χ0n) is 26.3. The molecule has 1 unspecified atom stereocenters. The van der Waals surface area contributed by atoms with Crippen molar-refractivity contribution in [1.82, 2.24) is 0 Å². The predicted octanol–water partition coefficient (Wildman–Crippen LogP) is 11.9. The maximum atomic E-state index is 10.7. The van der Waals surface area contributed by atoms with Crippen molar-refractivity contribution in [2.75, 3.05) is 0 Å². The Hall–Kier alpha value is -0.0800. The van der Waals surface area contributed by atoms with Crippen LogP contribution in [0.1, 0.15) is 207 Å². The van der Waals surface area contributed by atoms with Crippen LogP contribution in [0.3, 0.4) is 0 Å². The smallest absolute Gasteiger partial charge is 0.157 e. The first-order valence-corrected chi connectivity index (χ1v) is 17.4. The van der Waals surface area contributed by atoms with Crippen molar-refractivity contribution in [3.05, 3.63) is 0 Å². The molecule has 0 aromatic heterocycles. The molecule has 0 aliphatic rings. The molecule has 0 aromatic rings. The van der Waals surface area contributed by atoms with Gasteiger partial charge in [-0.3, -0.25) is 0 Å². The first-order chi connectivity index (χ1) is 18.0. The molecule has 0 rings (SSSR count). The van der Waals surface area contributed by atoms with Gasteiger partial charge < -0.3 is 10.2 Å². The van der Waals surface area contributed by atoms with Gasteiger partial charge in [0.25, 0.3) is 0 Å². The van der Waals surface area contributed by atoms with Crippen molar-refractivity contribution in [2.24, 2.45) is 11.3 Å². The molecule has 0 radical (unpaired) electrons. The Labute approximate surface area is 235 Å². The van der Waals surface area contributed by atoms with Crippen LogP contribution in [0.25, 0.3) is 0 Å². The zero-order valence-corrected chi connectivity index (χ0v) is 26.3. The fraction of sp³-hybridized carbons (Fsp3) is 1.00. The van der Waals surface area contributed by atoms with Gasteiger partial charge >= 0.3 is 0 Å². The second-order valence-electron chi connectivity index (χ2n) is 12.8. The molecule has 0 fully saturated rings. The molecular weight excluding hydrogens is 452 g/mol. The van der Waals surface area contributed by atoms with E-state index in [1.165, 1.54) is 148 Å².